The molecule has 1 saturated carbocycles. The Morgan fingerprint density at radius 2 is 2.19 bits per heavy atom. The van der Waals surface area contributed by atoms with Crippen molar-refractivity contribution in [1.82, 2.24) is 10.1 Å². The molecule has 2 fully saturated rings. The first-order valence-electron chi connectivity index (χ1n) is 7.86. The van der Waals surface area contributed by atoms with Gasteiger partial charge in [0.2, 0.25) is 5.89 Å². The molecule has 0 amide bonds. The lowest BCUT2D eigenvalue weighted by Gasteiger charge is -2.09. The highest BCUT2D eigenvalue weighted by Crippen LogP contribution is 2.65. The smallest absolute Gasteiger partial charge is 0.230 e. The van der Waals surface area contributed by atoms with Crippen LogP contribution in [0.25, 0.3) is 0 Å². The maximum atomic E-state index is 5.59. The van der Waals surface area contributed by atoms with E-state index in [1.54, 1.807) is 0 Å². The first-order chi connectivity index (χ1) is 10.4. The Morgan fingerprint density at radius 3 is 3.10 bits per heavy atom. The van der Waals surface area contributed by atoms with E-state index in [4.69, 9.17) is 9.26 Å². The zero-order chi connectivity index (χ0) is 13.9. The maximum absolute atomic E-state index is 5.59. The predicted octanol–water partition coefficient (Wildman–Crippen LogP) is 2.95. The normalized spacial score (nSPS) is 33.5. The molecular formula is C17H18N2O2. The summed E-state index contributed by atoms with van der Waals surface area (Å²) in [5, 5.41) is 4.20. The van der Waals surface area contributed by atoms with Crippen LogP contribution in [0.4, 0.5) is 0 Å². The third-order valence-electron chi connectivity index (χ3n) is 5.52. The Bertz CT molecular complexity index is 690. The average Bonchev–Trinajstić information content (AvgIpc) is 2.98. The summed E-state index contributed by atoms with van der Waals surface area (Å²) in [6.45, 7) is 1.55. The summed E-state index contributed by atoms with van der Waals surface area (Å²) in [5.41, 5.74) is 3.30. The van der Waals surface area contributed by atoms with E-state index in [9.17, 15) is 0 Å². The number of hydrogen-bond donors (Lipinski definition) is 0. The van der Waals surface area contributed by atoms with Gasteiger partial charge in [0.15, 0.2) is 5.82 Å². The summed E-state index contributed by atoms with van der Waals surface area (Å²) in [4.78, 5) is 4.69. The molecule has 1 aromatic heterocycles. The van der Waals surface area contributed by atoms with Gasteiger partial charge in [0.25, 0.3) is 0 Å². The standard InChI is InChI=1S/C17H18N2O2/c1-2-4-13-11(3-1)5-7-17(13)9-14(17)16-18-15(19-21-16)12-6-8-20-10-12/h1-4,12,14H,5-10H2. The van der Waals surface area contributed by atoms with Gasteiger partial charge in [-0.3, -0.25) is 0 Å². The highest BCUT2D eigenvalue weighted by atomic mass is 16.5. The molecule has 3 aliphatic rings. The molecule has 1 saturated heterocycles. The third-order valence-corrected chi connectivity index (χ3v) is 5.52. The maximum Gasteiger partial charge on any atom is 0.230 e. The number of fused-ring (bicyclic) bond motifs is 2. The molecule has 0 radical (unpaired) electrons. The fraction of sp³-hybridized carbons (Fsp3) is 0.529. The van der Waals surface area contributed by atoms with Crippen LogP contribution >= 0.6 is 0 Å². The quantitative estimate of drug-likeness (QED) is 0.849. The summed E-state index contributed by atoms with van der Waals surface area (Å²) in [7, 11) is 0. The monoisotopic (exact) mass is 282 g/mol. The van der Waals surface area contributed by atoms with Gasteiger partial charge in [-0.2, -0.15) is 4.98 Å². The lowest BCUT2D eigenvalue weighted by molar-refractivity contribution is 0.192. The largest absolute Gasteiger partial charge is 0.381 e. The molecule has 0 N–H and O–H groups in total. The van der Waals surface area contributed by atoms with Crippen LogP contribution in [0.5, 0.6) is 0 Å². The number of rotatable bonds is 2. The minimum absolute atomic E-state index is 0.284. The van der Waals surface area contributed by atoms with Crippen LogP contribution in [0.2, 0.25) is 0 Å². The second kappa shape index (κ2) is 4.17. The summed E-state index contributed by atoms with van der Waals surface area (Å²) in [6.07, 6.45) is 4.58. The molecule has 1 aliphatic heterocycles. The van der Waals surface area contributed by atoms with E-state index in [0.29, 0.717) is 11.8 Å². The molecular weight excluding hydrogens is 264 g/mol. The van der Waals surface area contributed by atoms with E-state index in [-0.39, 0.29) is 5.41 Å². The van der Waals surface area contributed by atoms with Crippen molar-refractivity contribution in [2.24, 2.45) is 0 Å². The van der Waals surface area contributed by atoms with Gasteiger partial charge in [-0.1, -0.05) is 29.4 Å². The van der Waals surface area contributed by atoms with Crippen molar-refractivity contribution in [1.29, 1.82) is 0 Å². The second-order valence-electron chi connectivity index (χ2n) is 6.62. The molecule has 1 aromatic carbocycles. The minimum Gasteiger partial charge on any atom is -0.381 e. The number of benzene rings is 1. The highest BCUT2D eigenvalue weighted by Gasteiger charge is 2.61. The van der Waals surface area contributed by atoms with E-state index in [0.717, 1.165) is 37.8 Å². The topological polar surface area (TPSA) is 48.2 Å². The van der Waals surface area contributed by atoms with E-state index in [2.05, 4.69) is 34.4 Å². The van der Waals surface area contributed by atoms with Gasteiger partial charge in [-0.15, -0.1) is 0 Å². The Balaban J connectivity index is 1.44. The lowest BCUT2D eigenvalue weighted by atomic mass is 9.95. The number of aromatic nitrogens is 2. The Hall–Kier alpha value is -1.68. The summed E-state index contributed by atoms with van der Waals surface area (Å²) >= 11 is 0. The fourth-order valence-corrected chi connectivity index (χ4v) is 4.21. The lowest BCUT2D eigenvalue weighted by Crippen LogP contribution is -2.05. The number of nitrogens with zero attached hydrogens (tertiary/aromatic N) is 2. The van der Waals surface area contributed by atoms with Crippen LogP contribution in [0.1, 0.15) is 53.9 Å². The van der Waals surface area contributed by atoms with Crippen molar-refractivity contribution >= 4 is 0 Å². The van der Waals surface area contributed by atoms with Crippen molar-refractivity contribution in [3.05, 3.63) is 47.1 Å². The summed E-state index contributed by atoms with van der Waals surface area (Å²) in [5.74, 6) is 2.43. The SMILES string of the molecule is c1ccc2c(c1)CCC21CC1c1nc(C2CCOC2)no1. The van der Waals surface area contributed by atoms with Crippen molar-refractivity contribution in [2.75, 3.05) is 13.2 Å². The number of aryl methyl sites for hydroxylation is 1. The minimum atomic E-state index is 0.284. The van der Waals surface area contributed by atoms with Crippen molar-refractivity contribution in [2.45, 2.75) is 42.9 Å². The molecule has 21 heavy (non-hydrogen) atoms. The number of hydrogen-bond acceptors (Lipinski definition) is 4. The zero-order valence-electron chi connectivity index (χ0n) is 11.9. The van der Waals surface area contributed by atoms with Gasteiger partial charge in [0.05, 0.1) is 6.61 Å². The van der Waals surface area contributed by atoms with Crippen molar-refractivity contribution in [3.63, 3.8) is 0 Å². The first kappa shape index (κ1) is 11.9. The van der Waals surface area contributed by atoms with E-state index < -0.39 is 0 Å². The molecule has 108 valence electrons. The molecule has 3 unspecified atom stereocenters. The summed E-state index contributed by atoms with van der Waals surface area (Å²) in [6, 6.07) is 8.83. The highest BCUT2D eigenvalue weighted by molar-refractivity contribution is 5.48. The zero-order valence-corrected chi connectivity index (χ0v) is 11.9. The van der Waals surface area contributed by atoms with Gasteiger partial charge in [0, 0.05) is 23.9 Å². The van der Waals surface area contributed by atoms with Crippen molar-refractivity contribution < 1.29 is 9.26 Å². The van der Waals surface area contributed by atoms with Crippen LogP contribution < -0.4 is 0 Å². The van der Waals surface area contributed by atoms with Gasteiger partial charge >= 0.3 is 0 Å². The second-order valence-corrected chi connectivity index (χ2v) is 6.62. The van der Waals surface area contributed by atoms with E-state index >= 15 is 0 Å². The van der Waals surface area contributed by atoms with Gasteiger partial charge in [0.1, 0.15) is 0 Å². The molecule has 3 atom stereocenters. The molecule has 4 nitrogen and oxygen atoms in total. The summed E-state index contributed by atoms with van der Waals surface area (Å²) < 4.78 is 11.0. The molecule has 2 heterocycles. The van der Waals surface area contributed by atoms with Crippen LogP contribution in [-0.4, -0.2) is 23.4 Å². The van der Waals surface area contributed by atoms with Crippen LogP contribution in [0, 0.1) is 0 Å². The third kappa shape index (κ3) is 1.65. The Labute approximate surface area is 123 Å². The van der Waals surface area contributed by atoms with E-state index in [1.165, 1.54) is 24.0 Å². The van der Waals surface area contributed by atoms with Gasteiger partial charge in [-0.05, 0) is 36.8 Å². The van der Waals surface area contributed by atoms with Crippen LogP contribution in [0.15, 0.2) is 28.8 Å². The Morgan fingerprint density at radius 1 is 1.24 bits per heavy atom. The van der Waals surface area contributed by atoms with Crippen LogP contribution in [0.3, 0.4) is 0 Å². The average molecular weight is 282 g/mol. The first-order valence-corrected chi connectivity index (χ1v) is 7.86. The molecule has 2 aliphatic carbocycles. The van der Waals surface area contributed by atoms with Crippen LogP contribution in [-0.2, 0) is 16.6 Å². The molecule has 1 spiro atoms. The molecule has 4 heteroatoms. The molecule has 5 rings (SSSR count). The van der Waals surface area contributed by atoms with Gasteiger partial charge in [-0.25, -0.2) is 0 Å². The fourth-order valence-electron chi connectivity index (χ4n) is 4.21. The van der Waals surface area contributed by atoms with Crippen molar-refractivity contribution in [3.8, 4) is 0 Å². The molecule has 0 bridgehead atoms. The number of ether oxygens (including phenoxy) is 1. The molecule has 2 aromatic rings. The van der Waals surface area contributed by atoms with Gasteiger partial charge < -0.3 is 9.26 Å². The van der Waals surface area contributed by atoms with E-state index in [1.807, 2.05) is 0 Å². The Kier molecular flexibility index (Phi) is 2.37. The predicted molar refractivity (Wildman–Crippen MR) is 76.3 cm³/mol.